The van der Waals surface area contributed by atoms with Crippen molar-refractivity contribution in [3.05, 3.63) is 65.9 Å². The molecule has 2 fully saturated rings. The Labute approximate surface area is 257 Å². The maximum atomic E-state index is 14.0. The van der Waals surface area contributed by atoms with E-state index < -0.39 is 23.7 Å². The van der Waals surface area contributed by atoms with Crippen molar-refractivity contribution in [1.82, 2.24) is 10.2 Å². The fourth-order valence-electron chi connectivity index (χ4n) is 6.57. The topological polar surface area (TPSA) is 138 Å². The molecule has 1 aliphatic carbocycles. The number of amides is 3. The first kappa shape index (κ1) is 31.1. The van der Waals surface area contributed by atoms with Crippen LogP contribution in [0.2, 0.25) is 0 Å². The summed E-state index contributed by atoms with van der Waals surface area (Å²) >= 11 is 0. The molecular weight excluding hydrogens is 562 g/mol. The summed E-state index contributed by atoms with van der Waals surface area (Å²) in [6.45, 7) is 7.95. The Kier molecular flexibility index (Phi) is 8.99. The van der Waals surface area contributed by atoms with Crippen LogP contribution in [0.15, 0.2) is 59.0 Å². The summed E-state index contributed by atoms with van der Waals surface area (Å²) in [7, 11) is 0. The first-order valence-corrected chi connectivity index (χ1v) is 15.3. The highest BCUT2D eigenvalue weighted by Crippen LogP contribution is 2.38. The minimum absolute atomic E-state index is 0.00817. The molecule has 0 bridgehead atoms. The number of fused-ring (bicyclic) bond motifs is 1. The molecule has 1 saturated heterocycles. The summed E-state index contributed by atoms with van der Waals surface area (Å²) in [5, 5.41) is 15.8. The van der Waals surface area contributed by atoms with E-state index in [-0.39, 0.29) is 41.4 Å². The predicted octanol–water partition coefficient (Wildman–Crippen LogP) is 6.17. The van der Waals surface area contributed by atoms with Crippen LogP contribution in [0.25, 0.3) is 11.0 Å². The van der Waals surface area contributed by atoms with Crippen LogP contribution >= 0.6 is 0 Å². The standard InChI is InChI=1S/C34H41N3O7/c1-20(35-33(42)44-34(2,3)4)21-10-12-23(13-11-21)31(39)37-17-16-26(22-8-6-5-7-9-22)29(37)30(38)36-25-14-15-27-24(18-25)19-28(43-27)32(40)41/h5-9,14-15,18-21,23,26,29H,10-13,16-17H2,1-4H3,(H,35,42)(H,36,38)(H,40,41)/t20?,21?,23?,26-,29+/m1/s1. The number of carbonyl (C=O) groups excluding carboxylic acids is 3. The number of nitrogens with one attached hydrogen (secondary N) is 2. The molecule has 234 valence electrons. The van der Waals surface area contributed by atoms with Gasteiger partial charge < -0.3 is 29.8 Å². The number of carboxylic acid groups (broad SMARTS) is 1. The summed E-state index contributed by atoms with van der Waals surface area (Å²) in [5.41, 5.74) is 1.34. The highest BCUT2D eigenvalue weighted by Gasteiger charge is 2.45. The van der Waals surface area contributed by atoms with E-state index in [9.17, 15) is 24.3 Å². The monoisotopic (exact) mass is 603 g/mol. The van der Waals surface area contributed by atoms with Gasteiger partial charge in [0, 0.05) is 35.5 Å². The zero-order valence-electron chi connectivity index (χ0n) is 25.7. The van der Waals surface area contributed by atoms with Crippen LogP contribution in [0.4, 0.5) is 10.5 Å². The molecule has 5 rings (SSSR count). The highest BCUT2D eigenvalue weighted by molar-refractivity contribution is 6.00. The molecule has 1 unspecified atom stereocenters. The summed E-state index contributed by atoms with van der Waals surface area (Å²) in [6.07, 6.45) is 3.20. The van der Waals surface area contributed by atoms with Crippen LogP contribution in [0.3, 0.4) is 0 Å². The Bertz CT molecular complexity index is 1520. The molecule has 0 radical (unpaired) electrons. The van der Waals surface area contributed by atoms with Gasteiger partial charge in [0.2, 0.25) is 17.6 Å². The summed E-state index contributed by atoms with van der Waals surface area (Å²) < 4.78 is 10.8. The number of nitrogens with zero attached hydrogens (tertiary/aromatic N) is 1. The number of hydrogen-bond donors (Lipinski definition) is 3. The first-order valence-electron chi connectivity index (χ1n) is 15.3. The number of likely N-dealkylation sites (tertiary alicyclic amines) is 1. The lowest BCUT2D eigenvalue weighted by atomic mass is 9.78. The van der Waals surface area contributed by atoms with E-state index in [1.54, 1.807) is 23.1 Å². The largest absolute Gasteiger partial charge is 0.475 e. The lowest BCUT2D eigenvalue weighted by Crippen LogP contribution is -2.48. The van der Waals surface area contributed by atoms with E-state index in [2.05, 4.69) is 10.6 Å². The number of carbonyl (C=O) groups is 4. The van der Waals surface area contributed by atoms with E-state index in [4.69, 9.17) is 9.15 Å². The number of aromatic carboxylic acids is 1. The van der Waals surface area contributed by atoms with Crippen molar-refractivity contribution < 1.29 is 33.4 Å². The van der Waals surface area contributed by atoms with Gasteiger partial charge in [-0.25, -0.2) is 9.59 Å². The van der Waals surface area contributed by atoms with Gasteiger partial charge in [0.25, 0.3) is 0 Å². The number of ether oxygens (including phenoxy) is 1. The molecule has 3 N–H and O–H groups in total. The third kappa shape index (κ3) is 7.06. The van der Waals surface area contributed by atoms with Gasteiger partial charge in [-0.15, -0.1) is 0 Å². The zero-order chi connectivity index (χ0) is 31.6. The fourth-order valence-corrected chi connectivity index (χ4v) is 6.57. The maximum absolute atomic E-state index is 14.0. The van der Waals surface area contributed by atoms with Gasteiger partial charge in [0.15, 0.2) is 0 Å². The van der Waals surface area contributed by atoms with Gasteiger partial charge in [-0.1, -0.05) is 30.3 Å². The maximum Gasteiger partial charge on any atom is 0.407 e. The lowest BCUT2D eigenvalue weighted by Gasteiger charge is -2.35. The average Bonchev–Trinajstić information content (AvgIpc) is 3.61. The second-order valence-corrected chi connectivity index (χ2v) is 13.0. The van der Waals surface area contributed by atoms with Crippen LogP contribution in [-0.4, -0.2) is 58.1 Å². The van der Waals surface area contributed by atoms with Crippen LogP contribution in [0, 0.1) is 11.8 Å². The Morgan fingerprint density at radius 3 is 2.34 bits per heavy atom. The lowest BCUT2D eigenvalue weighted by molar-refractivity contribution is -0.141. The van der Waals surface area contributed by atoms with Crippen molar-refractivity contribution in [3.8, 4) is 0 Å². The SMILES string of the molecule is CC(NC(=O)OC(C)(C)C)C1CCC(C(=O)N2CC[C@H](c3ccccc3)[C@H]2C(=O)Nc2ccc3oc(C(=O)O)cc3c2)CC1. The molecule has 2 aromatic carbocycles. The Balaban J connectivity index is 1.28. The molecule has 1 aromatic heterocycles. The van der Waals surface area contributed by atoms with E-state index in [0.717, 1.165) is 18.4 Å². The van der Waals surface area contributed by atoms with Crippen molar-refractivity contribution in [2.24, 2.45) is 11.8 Å². The summed E-state index contributed by atoms with van der Waals surface area (Å²) in [5.74, 6) is -1.75. The Hall–Kier alpha value is -4.34. The van der Waals surface area contributed by atoms with Crippen molar-refractivity contribution in [2.75, 3.05) is 11.9 Å². The molecular formula is C34H41N3O7. The third-order valence-electron chi connectivity index (χ3n) is 8.74. The fraction of sp³-hybridized carbons (Fsp3) is 0.471. The van der Waals surface area contributed by atoms with Gasteiger partial charge in [0.1, 0.15) is 17.2 Å². The highest BCUT2D eigenvalue weighted by atomic mass is 16.6. The molecule has 3 aromatic rings. The van der Waals surface area contributed by atoms with Gasteiger partial charge in [0.05, 0.1) is 0 Å². The number of rotatable bonds is 7. The van der Waals surface area contributed by atoms with Crippen molar-refractivity contribution in [3.63, 3.8) is 0 Å². The van der Waals surface area contributed by atoms with Crippen LogP contribution in [-0.2, 0) is 14.3 Å². The van der Waals surface area contributed by atoms with Crippen LogP contribution < -0.4 is 10.6 Å². The predicted molar refractivity (Wildman–Crippen MR) is 165 cm³/mol. The quantitative estimate of drug-likeness (QED) is 0.293. The number of hydrogen-bond acceptors (Lipinski definition) is 6. The molecule has 1 aliphatic heterocycles. The molecule has 2 aliphatic rings. The van der Waals surface area contributed by atoms with Crippen molar-refractivity contribution in [2.45, 2.75) is 83.4 Å². The number of carboxylic acids is 1. The molecule has 10 nitrogen and oxygen atoms in total. The molecule has 44 heavy (non-hydrogen) atoms. The van der Waals surface area contributed by atoms with Crippen LogP contribution in [0.5, 0.6) is 0 Å². The smallest absolute Gasteiger partial charge is 0.407 e. The van der Waals surface area contributed by atoms with Crippen molar-refractivity contribution in [1.29, 1.82) is 0 Å². The van der Waals surface area contributed by atoms with Gasteiger partial charge >= 0.3 is 12.1 Å². The van der Waals surface area contributed by atoms with E-state index in [0.29, 0.717) is 42.5 Å². The van der Waals surface area contributed by atoms with Gasteiger partial charge in [-0.05, 0) is 95.5 Å². The van der Waals surface area contributed by atoms with E-state index >= 15 is 0 Å². The zero-order valence-corrected chi connectivity index (χ0v) is 25.7. The van der Waals surface area contributed by atoms with E-state index in [1.165, 1.54) is 6.07 Å². The Morgan fingerprint density at radius 2 is 1.68 bits per heavy atom. The third-order valence-corrected chi connectivity index (χ3v) is 8.74. The van der Waals surface area contributed by atoms with Gasteiger partial charge in [-0.2, -0.15) is 0 Å². The number of alkyl carbamates (subject to hydrolysis) is 1. The second-order valence-electron chi connectivity index (χ2n) is 13.0. The molecule has 10 heteroatoms. The Morgan fingerprint density at radius 1 is 0.977 bits per heavy atom. The van der Waals surface area contributed by atoms with Gasteiger partial charge in [-0.3, -0.25) is 9.59 Å². The van der Waals surface area contributed by atoms with Crippen molar-refractivity contribution >= 4 is 40.5 Å². The molecule has 2 heterocycles. The van der Waals surface area contributed by atoms with Crippen LogP contribution in [0.1, 0.15) is 81.8 Å². The molecule has 3 amide bonds. The average molecular weight is 604 g/mol. The summed E-state index contributed by atoms with van der Waals surface area (Å²) in [4.78, 5) is 53.2. The van der Waals surface area contributed by atoms with E-state index in [1.807, 2.05) is 58.0 Å². The molecule has 1 saturated carbocycles. The number of furan rings is 1. The second kappa shape index (κ2) is 12.7. The normalized spacial score (nSPS) is 22.8. The molecule has 3 atom stereocenters. The number of benzene rings is 2. The first-order chi connectivity index (χ1) is 20.9. The number of anilines is 1. The minimum atomic E-state index is -1.17. The minimum Gasteiger partial charge on any atom is -0.475 e. The summed E-state index contributed by atoms with van der Waals surface area (Å²) in [6, 6.07) is 15.4. The molecule has 0 spiro atoms.